The lowest BCUT2D eigenvalue weighted by Gasteiger charge is -2.13. The van der Waals surface area contributed by atoms with Gasteiger partial charge in [-0.15, -0.1) is 0 Å². The maximum Gasteiger partial charge on any atom is 0.337 e. The fourth-order valence-corrected chi connectivity index (χ4v) is 3.77. The molecule has 0 atom stereocenters. The molecule has 1 heterocycles. The first-order valence-corrected chi connectivity index (χ1v) is 11.3. The Hall–Kier alpha value is -3.65. The predicted octanol–water partition coefficient (Wildman–Crippen LogP) is 4.40. The van der Waals surface area contributed by atoms with Gasteiger partial charge >= 0.3 is 5.97 Å². The Morgan fingerprint density at radius 1 is 1.12 bits per heavy atom. The number of hydrogen-bond donors (Lipinski definition) is 2. The summed E-state index contributed by atoms with van der Waals surface area (Å²) in [6.45, 7) is 7.30. The number of halogens is 1. The minimum Gasteiger partial charge on any atom is -0.465 e. The fraction of sp³-hybridized carbons (Fsp3) is 0.280. The maximum absolute atomic E-state index is 12.8. The molecule has 178 valence electrons. The summed E-state index contributed by atoms with van der Waals surface area (Å²) in [7, 11) is 1.32. The number of hydrogen-bond acceptors (Lipinski definition) is 5. The van der Waals surface area contributed by atoms with E-state index in [1.807, 2.05) is 18.5 Å². The quantitative estimate of drug-likeness (QED) is 0.296. The van der Waals surface area contributed by atoms with E-state index in [9.17, 15) is 9.59 Å². The molecule has 3 rings (SSSR count). The van der Waals surface area contributed by atoms with E-state index in [1.165, 1.54) is 7.11 Å². The molecule has 0 aliphatic rings. The topological polar surface area (TPSA) is 97.6 Å². The molecule has 0 spiro atoms. The number of rotatable bonds is 7. The summed E-state index contributed by atoms with van der Waals surface area (Å²) in [5.74, 6) is -0.557. The Morgan fingerprint density at radius 3 is 2.53 bits per heavy atom. The first-order valence-electron chi connectivity index (χ1n) is 10.9. The minimum atomic E-state index is -0.455. The molecular weight excluding hydrogens is 454 g/mol. The second kappa shape index (κ2) is 11.5. The van der Waals surface area contributed by atoms with Crippen LogP contribution in [0.25, 0.3) is 0 Å². The number of amides is 1. The summed E-state index contributed by atoms with van der Waals surface area (Å²) in [5, 5.41) is 10.9. The Bertz CT molecular complexity index is 1220. The number of esters is 1. The van der Waals surface area contributed by atoms with Crippen LogP contribution in [0.1, 0.15) is 44.6 Å². The molecule has 1 aromatic heterocycles. The lowest BCUT2D eigenvalue weighted by molar-refractivity contribution is 0.0600. The van der Waals surface area contributed by atoms with Crippen LogP contribution in [0.5, 0.6) is 0 Å². The summed E-state index contributed by atoms with van der Waals surface area (Å²) in [4.78, 5) is 29.3. The van der Waals surface area contributed by atoms with Gasteiger partial charge in [-0.1, -0.05) is 23.7 Å². The zero-order valence-corrected chi connectivity index (χ0v) is 20.4. The number of benzene rings is 2. The van der Waals surface area contributed by atoms with E-state index in [0.29, 0.717) is 34.8 Å². The third kappa shape index (κ3) is 6.23. The molecule has 2 N–H and O–H groups in total. The van der Waals surface area contributed by atoms with Crippen LogP contribution >= 0.6 is 11.6 Å². The zero-order valence-electron chi connectivity index (χ0n) is 19.7. The molecule has 2 aromatic carbocycles. The number of nitrogens with zero attached hydrogens (tertiary/aromatic N) is 3. The van der Waals surface area contributed by atoms with E-state index in [-0.39, 0.29) is 11.9 Å². The van der Waals surface area contributed by atoms with Gasteiger partial charge < -0.3 is 10.1 Å². The zero-order chi connectivity index (χ0) is 24.7. The van der Waals surface area contributed by atoms with Gasteiger partial charge in [-0.25, -0.2) is 4.79 Å². The number of anilines is 1. The van der Waals surface area contributed by atoms with Crippen LogP contribution in [0.2, 0.25) is 5.02 Å². The Kier molecular flexibility index (Phi) is 8.43. The molecule has 0 saturated heterocycles. The van der Waals surface area contributed by atoms with Crippen molar-refractivity contribution in [3.05, 3.63) is 81.6 Å². The van der Waals surface area contributed by atoms with Crippen molar-refractivity contribution in [2.75, 3.05) is 19.0 Å². The minimum absolute atomic E-state index is 0.255. The summed E-state index contributed by atoms with van der Waals surface area (Å²) >= 11 is 6.03. The van der Waals surface area contributed by atoms with Gasteiger partial charge in [0.05, 0.1) is 18.4 Å². The van der Waals surface area contributed by atoms with Gasteiger partial charge in [0.25, 0.3) is 5.91 Å². The molecule has 0 fully saturated rings. The smallest absolute Gasteiger partial charge is 0.337 e. The Morgan fingerprint density at radius 2 is 1.85 bits per heavy atom. The second-order valence-electron chi connectivity index (χ2n) is 7.61. The first-order chi connectivity index (χ1) is 16.3. The van der Waals surface area contributed by atoms with Crippen molar-refractivity contribution in [3.63, 3.8) is 0 Å². The monoisotopic (exact) mass is 481 g/mol. The molecule has 0 bridgehead atoms. The van der Waals surface area contributed by atoms with Crippen LogP contribution in [-0.2, 0) is 17.7 Å². The molecule has 0 radical (unpaired) electrons. The lowest BCUT2D eigenvalue weighted by Crippen LogP contribution is -2.36. The van der Waals surface area contributed by atoms with Gasteiger partial charge in [0, 0.05) is 35.1 Å². The van der Waals surface area contributed by atoms with E-state index < -0.39 is 5.97 Å². The van der Waals surface area contributed by atoms with Crippen molar-refractivity contribution in [1.29, 1.82) is 0 Å². The summed E-state index contributed by atoms with van der Waals surface area (Å²) in [6, 6.07) is 13.4. The highest BCUT2D eigenvalue weighted by atomic mass is 35.5. The third-order valence-electron chi connectivity index (χ3n) is 5.33. The Balaban J connectivity index is 1.83. The standard InChI is InChI=1S/C25H28ClN5O3/c1-5-31-17(3)22(16(2)30-31)12-13-27-25(29-23(32)18-8-6-10-20(26)14-18)28-21-11-7-9-19(15-21)24(33)34-4/h6-11,14-15H,5,12-13H2,1-4H3,(H2,27,28,29,32). The van der Waals surface area contributed by atoms with E-state index in [4.69, 9.17) is 16.3 Å². The first kappa shape index (κ1) is 25.0. The van der Waals surface area contributed by atoms with Gasteiger partial charge in [0.2, 0.25) is 5.96 Å². The lowest BCUT2D eigenvalue weighted by atomic mass is 10.1. The summed E-state index contributed by atoms with van der Waals surface area (Å²) < 4.78 is 6.76. The molecule has 0 saturated carbocycles. The Labute approximate surface area is 204 Å². The number of aliphatic imine (C=N–C) groups is 1. The van der Waals surface area contributed by atoms with Crippen LogP contribution in [0.15, 0.2) is 53.5 Å². The SMILES string of the molecule is CCn1nc(C)c(CCN=C(NC(=O)c2cccc(Cl)c2)Nc2cccc(C(=O)OC)c2)c1C. The molecule has 1 amide bonds. The molecule has 9 heteroatoms. The number of nitrogens with one attached hydrogen (secondary N) is 2. The van der Waals surface area contributed by atoms with E-state index in [0.717, 1.165) is 23.5 Å². The molecule has 3 aromatic rings. The highest BCUT2D eigenvalue weighted by Gasteiger charge is 2.13. The van der Waals surface area contributed by atoms with Crippen molar-refractivity contribution < 1.29 is 14.3 Å². The molecule has 34 heavy (non-hydrogen) atoms. The summed E-state index contributed by atoms with van der Waals surface area (Å²) in [6.07, 6.45) is 0.665. The largest absolute Gasteiger partial charge is 0.465 e. The number of methoxy groups -OCH3 is 1. The normalized spacial score (nSPS) is 11.3. The molecular formula is C25H28ClN5O3. The van der Waals surface area contributed by atoms with Crippen molar-refractivity contribution >= 4 is 35.1 Å². The van der Waals surface area contributed by atoms with Crippen molar-refractivity contribution in [1.82, 2.24) is 15.1 Å². The number of carbonyl (C=O) groups is 2. The van der Waals surface area contributed by atoms with Crippen molar-refractivity contribution in [2.24, 2.45) is 4.99 Å². The fourth-order valence-electron chi connectivity index (χ4n) is 3.58. The number of guanidine groups is 1. The average molecular weight is 482 g/mol. The highest BCUT2D eigenvalue weighted by Crippen LogP contribution is 2.15. The second-order valence-corrected chi connectivity index (χ2v) is 8.04. The number of ether oxygens (including phenoxy) is 1. The van der Waals surface area contributed by atoms with Gasteiger partial charge in [0.15, 0.2) is 0 Å². The van der Waals surface area contributed by atoms with Gasteiger partial charge in [-0.3, -0.25) is 19.8 Å². The summed E-state index contributed by atoms with van der Waals surface area (Å²) in [5.41, 5.74) is 4.58. The number of aryl methyl sites for hydroxylation is 2. The van der Waals surface area contributed by atoms with Crippen LogP contribution < -0.4 is 10.6 Å². The van der Waals surface area contributed by atoms with Crippen molar-refractivity contribution in [3.8, 4) is 0 Å². The van der Waals surface area contributed by atoms with Crippen LogP contribution in [-0.4, -0.2) is 41.3 Å². The highest BCUT2D eigenvalue weighted by molar-refractivity contribution is 6.31. The van der Waals surface area contributed by atoms with Crippen LogP contribution in [0.4, 0.5) is 5.69 Å². The van der Waals surface area contributed by atoms with Crippen molar-refractivity contribution in [2.45, 2.75) is 33.7 Å². The van der Waals surface area contributed by atoms with Gasteiger partial charge in [0.1, 0.15) is 0 Å². The predicted molar refractivity (Wildman–Crippen MR) is 134 cm³/mol. The molecule has 8 nitrogen and oxygen atoms in total. The molecule has 0 aliphatic heterocycles. The third-order valence-corrected chi connectivity index (χ3v) is 5.56. The van der Waals surface area contributed by atoms with Gasteiger partial charge in [-0.2, -0.15) is 5.10 Å². The maximum atomic E-state index is 12.8. The van der Waals surface area contributed by atoms with E-state index >= 15 is 0 Å². The van der Waals surface area contributed by atoms with Gasteiger partial charge in [-0.05, 0) is 69.2 Å². The van der Waals surface area contributed by atoms with Crippen LogP contribution in [0.3, 0.4) is 0 Å². The number of carbonyl (C=O) groups excluding carboxylic acids is 2. The van der Waals surface area contributed by atoms with E-state index in [1.54, 1.807) is 48.5 Å². The average Bonchev–Trinajstić information content (AvgIpc) is 3.11. The molecule has 0 unspecified atom stereocenters. The molecule has 0 aliphatic carbocycles. The number of aromatic nitrogens is 2. The van der Waals surface area contributed by atoms with Crippen LogP contribution in [0, 0.1) is 13.8 Å². The van der Waals surface area contributed by atoms with E-state index in [2.05, 4.69) is 27.6 Å².